The van der Waals surface area contributed by atoms with Crippen molar-refractivity contribution < 1.29 is 8.42 Å². The number of rotatable bonds is 4. The maximum atomic E-state index is 12.0. The molecule has 1 saturated heterocycles. The molecule has 0 aromatic rings. The second kappa shape index (κ2) is 4.63. The fourth-order valence-corrected chi connectivity index (χ4v) is 4.58. The average Bonchev–Trinajstić information content (AvgIpc) is 2.15. The molecule has 4 nitrogen and oxygen atoms in total. The molecule has 2 N–H and O–H groups in total. The van der Waals surface area contributed by atoms with E-state index in [0.29, 0.717) is 11.7 Å². The summed E-state index contributed by atoms with van der Waals surface area (Å²) in [6.45, 7) is 3.92. The highest BCUT2D eigenvalue weighted by molar-refractivity contribution is 7.89. The first-order valence-corrected chi connectivity index (χ1v) is 7.87. The number of hydrogen-bond donors (Lipinski definition) is 2. The van der Waals surface area contributed by atoms with Crippen LogP contribution in [0.2, 0.25) is 0 Å². The van der Waals surface area contributed by atoms with Crippen LogP contribution < -0.4 is 10.0 Å². The van der Waals surface area contributed by atoms with Crippen molar-refractivity contribution in [1.82, 2.24) is 10.0 Å². The summed E-state index contributed by atoms with van der Waals surface area (Å²) in [6.07, 6.45) is 5.08. The van der Waals surface area contributed by atoms with Gasteiger partial charge in [-0.25, -0.2) is 13.1 Å². The minimum absolute atomic E-state index is 0.147. The summed E-state index contributed by atoms with van der Waals surface area (Å²) in [6, 6.07) is 0. The zero-order chi connectivity index (χ0) is 11.6. The lowest BCUT2D eigenvalue weighted by Crippen LogP contribution is -2.52. The van der Waals surface area contributed by atoms with Crippen LogP contribution in [-0.2, 0) is 10.0 Å². The molecule has 0 bridgehead atoms. The third kappa shape index (κ3) is 3.18. The van der Waals surface area contributed by atoms with Gasteiger partial charge in [-0.2, -0.15) is 0 Å². The molecule has 1 aliphatic carbocycles. The van der Waals surface area contributed by atoms with Gasteiger partial charge < -0.3 is 5.32 Å². The Bertz CT molecular complexity index is 330. The minimum atomic E-state index is -3.08. The molecule has 0 atom stereocenters. The van der Waals surface area contributed by atoms with E-state index in [2.05, 4.69) is 10.0 Å². The van der Waals surface area contributed by atoms with Crippen LogP contribution >= 0.6 is 0 Å². The molecule has 94 valence electrons. The van der Waals surface area contributed by atoms with E-state index < -0.39 is 10.0 Å². The highest BCUT2D eigenvalue weighted by atomic mass is 32.2. The molecule has 0 aromatic heterocycles. The van der Waals surface area contributed by atoms with Crippen LogP contribution in [0.5, 0.6) is 0 Å². The molecule has 2 aliphatic rings. The van der Waals surface area contributed by atoms with Gasteiger partial charge in [0.2, 0.25) is 10.0 Å². The Hall–Kier alpha value is -0.130. The quantitative estimate of drug-likeness (QED) is 0.773. The van der Waals surface area contributed by atoms with Gasteiger partial charge >= 0.3 is 0 Å². The molecule has 1 aliphatic heterocycles. The van der Waals surface area contributed by atoms with Gasteiger partial charge in [0.15, 0.2) is 0 Å². The molecule has 1 saturated carbocycles. The second-order valence-corrected chi connectivity index (χ2v) is 7.26. The number of piperidine rings is 1. The number of hydrogen-bond acceptors (Lipinski definition) is 3. The van der Waals surface area contributed by atoms with Crippen molar-refractivity contribution in [2.75, 3.05) is 18.8 Å². The smallest absolute Gasteiger partial charge is 0.212 e. The molecular weight excluding hydrogens is 224 g/mol. The molecule has 0 aromatic carbocycles. The van der Waals surface area contributed by atoms with Crippen molar-refractivity contribution in [3.63, 3.8) is 0 Å². The summed E-state index contributed by atoms with van der Waals surface area (Å²) in [5.74, 6) is 0.645. The van der Waals surface area contributed by atoms with Crippen LogP contribution in [0.15, 0.2) is 0 Å². The van der Waals surface area contributed by atoms with Gasteiger partial charge in [0, 0.05) is 5.54 Å². The van der Waals surface area contributed by atoms with E-state index in [0.717, 1.165) is 45.2 Å². The Kier molecular flexibility index (Phi) is 3.56. The first kappa shape index (κ1) is 12.3. The molecule has 2 rings (SSSR count). The molecule has 0 spiro atoms. The molecule has 16 heavy (non-hydrogen) atoms. The van der Waals surface area contributed by atoms with E-state index >= 15 is 0 Å². The summed E-state index contributed by atoms with van der Waals surface area (Å²) in [5.41, 5.74) is -0.147. The van der Waals surface area contributed by atoms with Gasteiger partial charge in [-0.3, -0.25) is 0 Å². The van der Waals surface area contributed by atoms with E-state index in [1.165, 1.54) is 0 Å². The summed E-state index contributed by atoms with van der Waals surface area (Å²) in [4.78, 5) is 0. The van der Waals surface area contributed by atoms with Gasteiger partial charge in [-0.1, -0.05) is 0 Å². The molecule has 2 fully saturated rings. The highest BCUT2D eigenvalue weighted by Gasteiger charge is 2.36. The van der Waals surface area contributed by atoms with Crippen LogP contribution in [0.1, 0.15) is 39.0 Å². The largest absolute Gasteiger partial charge is 0.317 e. The molecule has 0 radical (unpaired) electrons. The fourth-order valence-electron chi connectivity index (χ4n) is 2.58. The van der Waals surface area contributed by atoms with Gasteiger partial charge in [-0.05, 0) is 58.0 Å². The van der Waals surface area contributed by atoms with Crippen molar-refractivity contribution in [3.8, 4) is 0 Å². The lowest BCUT2D eigenvalue weighted by Gasteiger charge is -2.39. The van der Waals surface area contributed by atoms with Crippen molar-refractivity contribution in [2.24, 2.45) is 5.92 Å². The Morgan fingerprint density at radius 3 is 2.44 bits per heavy atom. The van der Waals surface area contributed by atoms with Crippen LogP contribution in [0.3, 0.4) is 0 Å². The first-order valence-electron chi connectivity index (χ1n) is 6.22. The summed E-state index contributed by atoms with van der Waals surface area (Å²) >= 11 is 0. The molecule has 1 heterocycles. The summed E-state index contributed by atoms with van der Waals surface area (Å²) in [7, 11) is -3.08. The van der Waals surface area contributed by atoms with Crippen LogP contribution in [0.4, 0.5) is 0 Å². The standard InChI is InChI=1S/C11H22N2O2S/c1-11(5-2-6-11)13-16(14,15)9-10-3-7-12-8-4-10/h10,12-13H,2-9H2,1H3. The van der Waals surface area contributed by atoms with Crippen LogP contribution in [0, 0.1) is 5.92 Å². The van der Waals surface area contributed by atoms with Crippen molar-refractivity contribution in [3.05, 3.63) is 0 Å². The zero-order valence-corrected chi connectivity index (χ0v) is 10.8. The van der Waals surface area contributed by atoms with E-state index in [1.54, 1.807) is 0 Å². The number of sulfonamides is 1. The molecular formula is C11H22N2O2S. The van der Waals surface area contributed by atoms with Crippen molar-refractivity contribution in [1.29, 1.82) is 0 Å². The Labute approximate surface area is 98.2 Å². The van der Waals surface area contributed by atoms with Gasteiger partial charge in [0.1, 0.15) is 0 Å². The first-order chi connectivity index (χ1) is 7.49. The third-order valence-electron chi connectivity index (χ3n) is 3.77. The Morgan fingerprint density at radius 2 is 1.94 bits per heavy atom. The van der Waals surface area contributed by atoms with E-state index in [9.17, 15) is 8.42 Å². The normalized spacial score (nSPS) is 26.3. The third-order valence-corrected chi connectivity index (χ3v) is 5.49. The van der Waals surface area contributed by atoms with Crippen LogP contribution in [-0.4, -0.2) is 32.8 Å². The minimum Gasteiger partial charge on any atom is -0.317 e. The monoisotopic (exact) mass is 246 g/mol. The van der Waals surface area contributed by atoms with E-state index in [1.807, 2.05) is 6.92 Å². The lowest BCUT2D eigenvalue weighted by molar-refractivity contribution is 0.247. The van der Waals surface area contributed by atoms with Gasteiger partial charge in [0.05, 0.1) is 5.75 Å². The molecule has 0 amide bonds. The predicted octanol–water partition coefficient (Wildman–Crippen LogP) is 0.848. The maximum absolute atomic E-state index is 12.0. The predicted molar refractivity (Wildman–Crippen MR) is 64.8 cm³/mol. The van der Waals surface area contributed by atoms with Crippen molar-refractivity contribution >= 4 is 10.0 Å². The summed E-state index contributed by atoms with van der Waals surface area (Å²) in [5, 5.41) is 3.26. The lowest BCUT2D eigenvalue weighted by atomic mass is 9.80. The van der Waals surface area contributed by atoms with Crippen LogP contribution in [0.25, 0.3) is 0 Å². The van der Waals surface area contributed by atoms with E-state index in [4.69, 9.17) is 0 Å². The summed E-state index contributed by atoms with van der Waals surface area (Å²) < 4.78 is 26.8. The SMILES string of the molecule is CC1(NS(=O)(=O)CC2CCNCC2)CCC1. The van der Waals surface area contributed by atoms with Gasteiger partial charge in [0.25, 0.3) is 0 Å². The maximum Gasteiger partial charge on any atom is 0.212 e. The second-order valence-electron chi connectivity index (χ2n) is 5.49. The van der Waals surface area contributed by atoms with Gasteiger partial charge in [-0.15, -0.1) is 0 Å². The number of nitrogens with one attached hydrogen (secondary N) is 2. The Balaban J connectivity index is 1.86. The van der Waals surface area contributed by atoms with Crippen molar-refractivity contribution in [2.45, 2.75) is 44.6 Å². The average molecular weight is 246 g/mol. The molecule has 5 heteroatoms. The topological polar surface area (TPSA) is 58.2 Å². The Morgan fingerprint density at radius 1 is 1.31 bits per heavy atom. The molecule has 0 unspecified atom stereocenters. The van der Waals surface area contributed by atoms with E-state index in [-0.39, 0.29) is 5.54 Å². The zero-order valence-electron chi connectivity index (χ0n) is 9.96. The highest BCUT2D eigenvalue weighted by Crippen LogP contribution is 2.32. The fraction of sp³-hybridized carbons (Fsp3) is 1.00.